The van der Waals surface area contributed by atoms with E-state index >= 15 is 0 Å². The van der Waals surface area contributed by atoms with Crippen LogP contribution in [0.1, 0.15) is 33.3 Å². The molecule has 2 heterocycles. The molecule has 1 saturated heterocycles. The number of hydrogen-bond donors (Lipinski definition) is 0. The summed E-state index contributed by atoms with van der Waals surface area (Å²) < 4.78 is 27.6. The Kier molecular flexibility index (Phi) is 9.89. The third kappa shape index (κ3) is 8.17. The van der Waals surface area contributed by atoms with Crippen molar-refractivity contribution in [2.75, 3.05) is 6.61 Å². The van der Waals surface area contributed by atoms with E-state index in [1.165, 1.54) is 6.92 Å². The summed E-state index contributed by atoms with van der Waals surface area (Å²) >= 11 is 2.07. The van der Waals surface area contributed by atoms with Crippen molar-refractivity contribution in [2.45, 2.75) is 57.5 Å². The number of thioether (sulfide) groups is 2. The lowest BCUT2D eigenvalue weighted by Gasteiger charge is -2.44. The van der Waals surface area contributed by atoms with E-state index in [1.807, 2.05) is 30.3 Å². The van der Waals surface area contributed by atoms with E-state index in [1.54, 1.807) is 6.08 Å². The van der Waals surface area contributed by atoms with Crippen LogP contribution in [0.4, 0.5) is 0 Å². The first kappa shape index (κ1) is 28.4. The van der Waals surface area contributed by atoms with E-state index in [2.05, 4.69) is 4.99 Å². The lowest BCUT2D eigenvalue weighted by molar-refractivity contribution is -0.237. The minimum Gasteiger partial charge on any atom is -0.463 e. The van der Waals surface area contributed by atoms with Crippen molar-refractivity contribution in [1.29, 1.82) is 0 Å². The van der Waals surface area contributed by atoms with Crippen molar-refractivity contribution in [1.82, 2.24) is 0 Å². The summed E-state index contributed by atoms with van der Waals surface area (Å²) in [5, 5.41) is 0. The SMILES string of the molecule is CC(=O)OC[C@H]1O[C@@H](SC2=NC(=O)/C(=C\c3ccccc3)S2)[C@@H](OC(C)=O)[C@@H](OC(C)=O)[C@H]1OC(C)=O. The fourth-order valence-corrected chi connectivity index (χ4v) is 5.79. The van der Waals surface area contributed by atoms with Gasteiger partial charge < -0.3 is 23.7 Å². The largest absolute Gasteiger partial charge is 0.463 e. The molecule has 1 aromatic carbocycles. The van der Waals surface area contributed by atoms with E-state index in [9.17, 15) is 24.0 Å². The molecule has 11 nitrogen and oxygen atoms in total. The van der Waals surface area contributed by atoms with Crippen molar-refractivity contribution >= 4 is 63.8 Å². The molecule has 1 amide bonds. The summed E-state index contributed by atoms with van der Waals surface area (Å²) in [5.41, 5.74) is -0.247. The molecule has 0 aromatic heterocycles. The summed E-state index contributed by atoms with van der Waals surface area (Å²) in [4.78, 5) is 64.1. The molecule has 37 heavy (non-hydrogen) atoms. The Hall–Kier alpha value is -3.16. The van der Waals surface area contributed by atoms with Crippen molar-refractivity contribution in [2.24, 2.45) is 4.99 Å². The molecule has 0 N–H and O–H groups in total. The molecule has 1 fully saturated rings. The van der Waals surface area contributed by atoms with Crippen LogP contribution in [0.3, 0.4) is 0 Å². The second kappa shape index (κ2) is 12.9. The third-order valence-electron chi connectivity index (χ3n) is 4.86. The zero-order chi connectivity index (χ0) is 27.1. The minimum absolute atomic E-state index is 0.299. The summed E-state index contributed by atoms with van der Waals surface area (Å²) in [6.07, 6.45) is -3.18. The zero-order valence-corrected chi connectivity index (χ0v) is 22.0. The number of ether oxygens (including phenoxy) is 5. The van der Waals surface area contributed by atoms with Crippen LogP contribution in [0.5, 0.6) is 0 Å². The van der Waals surface area contributed by atoms with Crippen molar-refractivity contribution < 1.29 is 47.7 Å². The molecule has 0 spiro atoms. The number of amides is 1. The Balaban J connectivity index is 1.90. The molecule has 0 unspecified atom stereocenters. The van der Waals surface area contributed by atoms with Crippen molar-refractivity contribution in [3.05, 3.63) is 40.8 Å². The van der Waals surface area contributed by atoms with Gasteiger partial charge in [-0.1, -0.05) is 53.9 Å². The van der Waals surface area contributed by atoms with Crippen LogP contribution in [0.25, 0.3) is 6.08 Å². The topological polar surface area (TPSA) is 144 Å². The van der Waals surface area contributed by atoms with E-state index in [4.69, 9.17) is 23.7 Å². The summed E-state index contributed by atoms with van der Waals surface area (Å²) in [6.45, 7) is 4.30. The fraction of sp³-hybridized carbons (Fsp3) is 0.417. The van der Waals surface area contributed by atoms with Crippen LogP contribution >= 0.6 is 23.5 Å². The monoisotopic (exact) mass is 551 g/mol. The van der Waals surface area contributed by atoms with Crippen LogP contribution < -0.4 is 0 Å². The van der Waals surface area contributed by atoms with Gasteiger partial charge in [-0.25, -0.2) is 0 Å². The number of rotatable bonds is 7. The quantitative estimate of drug-likeness (QED) is 0.279. The first-order valence-corrected chi connectivity index (χ1v) is 12.8. The average molecular weight is 552 g/mol. The van der Waals surface area contributed by atoms with E-state index in [0.29, 0.717) is 9.28 Å². The van der Waals surface area contributed by atoms with Gasteiger partial charge in [0, 0.05) is 27.7 Å². The third-order valence-corrected chi connectivity index (χ3v) is 7.08. The molecule has 1 aromatic rings. The van der Waals surface area contributed by atoms with Gasteiger partial charge in [0.1, 0.15) is 17.1 Å². The standard InChI is InChI=1S/C24H25NO10S2/c1-12(26)31-11-17-19(32-13(2)27)20(33-14(3)28)21(34-15(4)29)23(35-17)37-24-25-22(30)18(36-24)10-16-8-6-5-7-9-16/h5-10,17,19-21,23H,11H2,1-4H3/b18-10+/t17-,19+,20+,21+,23+/m1/s1. The number of hydrogen-bond acceptors (Lipinski definition) is 12. The number of nitrogens with zero attached hydrogens (tertiary/aromatic N) is 1. The molecular formula is C24H25NO10S2. The average Bonchev–Trinajstić information content (AvgIpc) is 3.14. The van der Waals surface area contributed by atoms with Gasteiger partial charge in [-0.3, -0.25) is 24.0 Å². The van der Waals surface area contributed by atoms with Gasteiger partial charge in [0.15, 0.2) is 23.7 Å². The zero-order valence-electron chi connectivity index (χ0n) is 20.4. The minimum atomic E-state index is -1.29. The maximum Gasteiger partial charge on any atom is 0.303 e. The maximum atomic E-state index is 12.5. The predicted molar refractivity (Wildman–Crippen MR) is 134 cm³/mol. The smallest absolute Gasteiger partial charge is 0.303 e. The van der Waals surface area contributed by atoms with E-state index in [0.717, 1.165) is 49.9 Å². The lowest BCUT2D eigenvalue weighted by Crippen LogP contribution is -2.61. The second-order valence-electron chi connectivity index (χ2n) is 7.89. The van der Waals surface area contributed by atoms with Gasteiger partial charge in [-0.2, -0.15) is 4.99 Å². The maximum absolute atomic E-state index is 12.5. The van der Waals surface area contributed by atoms with Crippen molar-refractivity contribution in [3.63, 3.8) is 0 Å². The van der Waals surface area contributed by atoms with Gasteiger partial charge in [0.05, 0.1) is 4.91 Å². The molecule has 0 saturated carbocycles. The highest BCUT2D eigenvalue weighted by Crippen LogP contribution is 2.41. The number of carbonyl (C=O) groups is 5. The highest BCUT2D eigenvalue weighted by atomic mass is 32.2. The molecule has 3 rings (SSSR count). The number of esters is 4. The Morgan fingerprint density at radius 1 is 0.919 bits per heavy atom. The Bertz CT molecular complexity index is 1120. The highest BCUT2D eigenvalue weighted by Gasteiger charge is 2.53. The number of aliphatic imine (C=N–C) groups is 1. The number of carbonyl (C=O) groups excluding carboxylic acids is 5. The summed E-state index contributed by atoms with van der Waals surface area (Å²) in [5.74, 6) is -3.23. The van der Waals surface area contributed by atoms with Gasteiger partial charge in [0.2, 0.25) is 0 Å². The first-order valence-electron chi connectivity index (χ1n) is 11.1. The highest BCUT2D eigenvalue weighted by molar-refractivity contribution is 8.41. The number of benzene rings is 1. The molecule has 0 aliphatic carbocycles. The molecule has 0 bridgehead atoms. The Morgan fingerprint density at radius 3 is 2.11 bits per heavy atom. The van der Waals surface area contributed by atoms with Crippen molar-refractivity contribution in [3.8, 4) is 0 Å². The van der Waals surface area contributed by atoms with Gasteiger partial charge >= 0.3 is 23.9 Å². The lowest BCUT2D eigenvalue weighted by atomic mass is 9.99. The summed E-state index contributed by atoms with van der Waals surface area (Å²) in [6, 6.07) is 9.21. The van der Waals surface area contributed by atoms with Gasteiger partial charge in [-0.05, 0) is 11.6 Å². The fourth-order valence-electron chi connectivity index (χ4n) is 3.52. The molecular weight excluding hydrogens is 526 g/mol. The van der Waals surface area contributed by atoms with Crippen LogP contribution in [0.15, 0.2) is 40.2 Å². The van der Waals surface area contributed by atoms with Crippen LogP contribution in [0.2, 0.25) is 0 Å². The Morgan fingerprint density at radius 2 is 1.51 bits per heavy atom. The molecule has 5 atom stereocenters. The van der Waals surface area contributed by atoms with Crippen LogP contribution in [-0.4, -0.2) is 70.6 Å². The van der Waals surface area contributed by atoms with Gasteiger partial charge in [-0.15, -0.1) is 0 Å². The van der Waals surface area contributed by atoms with Crippen LogP contribution in [-0.2, 0) is 47.7 Å². The second-order valence-corrected chi connectivity index (χ2v) is 10.3. The summed E-state index contributed by atoms with van der Waals surface area (Å²) in [7, 11) is 0. The molecule has 0 radical (unpaired) electrons. The normalized spacial score (nSPS) is 26.3. The molecule has 2 aliphatic heterocycles. The molecule has 198 valence electrons. The Labute approximate surface area is 221 Å². The predicted octanol–water partition coefficient (Wildman–Crippen LogP) is 2.47. The first-order chi connectivity index (χ1) is 17.5. The van der Waals surface area contributed by atoms with E-state index in [-0.39, 0.29) is 6.61 Å². The van der Waals surface area contributed by atoms with Gasteiger partial charge in [0.25, 0.3) is 5.91 Å². The molecule has 13 heteroatoms. The van der Waals surface area contributed by atoms with Crippen LogP contribution in [0, 0.1) is 0 Å². The van der Waals surface area contributed by atoms with E-state index < -0.39 is 59.6 Å². The molecule has 2 aliphatic rings.